The molecule has 3 rings (SSSR count). The molecule has 1 aromatic rings. The fraction of sp³-hybridized carbons (Fsp3) is 0.588. The highest BCUT2D eigenvalue weighted by Gasteiger charge is 2.44. The molecule has 0 bridgehead atoms. The van der Waals surface area contributed by atoms with Gasteiger partial charge in [-0.15, -0.1) is 0 Å². The van der Waals surface area contributed by atoms with Gasteiger partial charge in [0.1, 0.15) is 0 Å². The molecule has 2 aliphatic rings. The van der Waals surface area contributed by atoms with Crippen molar-refractivity contribution in [2.45, 2.75) is 18.4 Å². The Hall–Kier alpha value is -1.14. The van der Waals surface area contributed by atoms with Crippen LogP contribution < -0.4 is 5.32 Å². The summed E-state index contributed by atoms with van der Waals surface area (Å²) in [6, 6.07) is 7.68. The van der Waals surface area contributed by atoms with Crippen LogP contribution in [0.15, 0.2) is 24.3 Å². The van der Waals surface area contributed by atoms with E-state index in [1.54, 1.807) is 0 Å². The van der Waals surface area contributed by atoms with Gasteiger partial charge in [0.05, 0.1) is 19.3 Å². The minimum Gasteiger partial charge on any atom is -0.390 e. The number of benzene rings is 1. The zero-order valence-corrected chi connectivity index (χ0v) is 13.8. The summed E-state index contributed by atoms with van der Waals surface area (Å²) in [6.45, 7) is 3.95. The first-order valence-electron chi connectivity index (χ1n) is 8.15. The number of morpholine rings is 1. The molecule has 1 saturated carbocycles. The predicted octanol–water partition coefficient (Wildman–Crippen LogP) is 1.25. The number of β-amino-alcohol motifs (C(OH)–C–C–N with tert-alkyl or cyclic N) is 1. The van der Waals surface area contributed by atoms with Crippen LogP contribution in [0.3, 0.4) is 0 Å². The number of aliphatic hydroxyl groups is 1. The third-order valence-electron chi connectivity index (χ3n) is 4.52. The van der Waals surface area contributed by atoms with Crippen LogP contribution in [-0.2, 0) is 9.53 Å². The minimum atomic E-state index is -0.547. The van der Waals surface area contributed by atoms with Gasteiger partial charge in [-0.1, -0.05) is 29.8 Å². The quantitative estimate of drug-likeness (QED) is 0.819. The van der Waals surface area contributed by atoms with Crippen molar-refractivity contribution in [2.24, 2.45) is 5.92 Å². The second kappa shape index (κ2) is 7.62. The molecule has 3 unspecified atom stereocenters. The van der Waals surface area contributed by atoms with Crippen molar-refractivity contribution in [3.63, 3.8) is 0 Å². The number of carbonyl (C=O) groups excluding carboxylic acids is 1. The highest BCUT2D eigenvalue weighted by molar-refractivity contribution is 6.31. The average Bonchev–Trinajstić information content (AvgIpc) is 3.34. The number of amides is 1. The third kappa shape index (κ3) is 4.44. The molecule has 3 atom stereocenters. The van der Waals surface area contributed by atoms with Gasteiger partial charge in [0.2, 0.25) is 5.91 Å². The Labute approximate surface area is 141 Å². The highest BCUT2D eigenvalue weighted by Crippen LogP contribution is 2.49. The van der Waals surface area contributed by atoms with E-state index in [1.165, 1.54) is 0 Å². The maximum Gasteiger partial charge on any atom is 0.223 e. The fourth-order valence-corrected chi connectivity index (χ4v) is 3.38. The maximum absolute atomic E-state index is 12.2. The Morgan fingerprint density at radius 3 is 2.87 bits per heavy atom. The van der Waals surface area contributed by atoms with E-state index in [0.717, 1.165) is 30.1 Å². The smallest absolute Gasteiger partial charge is 0.223 e. The number of carbonyl (C=O) groups is 1. The standard InChI is InChI=1S/C17H23ClN2O3/c18-16-4-2-1-3-13(16)14-9-15(14)17(22)19-10-12(21)11-20-5-7-23-8-6-20/h1-4,12,14-15,21H,5-11H2,(H,19,22). The summed E-state index contributed by atoms with van der Waals surface area (Å²) in [5, 5.41) is 13.6. The molecule has 5 nitrogen and oxygen atoms in total. The van der Waals surface area contributed by atoms with Crippen LogP contribution in [0.5, 0.6) is 0 Å². The van der Waals surface area contributed by atoms with Crippen LogP contribution >= 0.6 is 11.6 Å². The number of rotatable bonds is 6. The van der Waals surface area contributed by atoms with E-state index in [2.05, 4.69) is 10.2 Å². The number of halogens is 1. The summed E-state index contributed by atoms with van der Waals surface area (Å²) < 4.78 is 5.28. The van der Waals surface area contributed by atoms with Gasteiger partial charge >= 0.3 is 0 Å². The van der Waals surface area contributed by atoms with Gasteiger partial charge in [-0.05, 0) is 24.0 Å². The van der Waals surface area contributed by atoms with Crippen molar-refractivity contribution in [1.82, 2.24) is 10.2 Å². The molecule has 1 aromatic carbocycles. The SMILES string of the molecule is O=C(NCC(O)CN1CCOCC1)C1CC1c1ccccc1Cl. The normalized spacial score (nSPS) is 25.8. The van der Waals surface area contributed by atoms with Crippen molar-refractivity contribution in [3.05, 3.63) is 34.9 Å². The molecule has 1 saturated heterocycles. The molecule has 2 fully saturated rings. The monoisotopic (exact) mass is 338 g/mol. The zero-order valence-electron chi connectivity index (χ0n) is 13.1. The summed E-state index contributed by atoms with van der Waals surface area (Å²) in [5.74, 6) is 0.196. The van der Waals surface area contributed by atoms with E-state index in [0.29, 0.717) is 26.3 Å². The molecule has 0 radical (unpaired) electrons. The Bertz CT molecular complexity index is 548. The van der Waals surface area contributed by atoms with Gasteiger partial charge in [-0.25, -0.2) is 0 Å². The van der Waals surface area contributed by atoms with Crippen molar-refractivity contribution >= 4 is 17.5 Å². The van der Waals surface area contributed by atoms with Gasteiger partial charge in [0, 0.05) is 37.1 Å². The molecule has 0 spiro atoms. The first-order chi connectivity index (χ1) is 11.1. The van der Waals surface area contributed by atoms with Gasteiger partial charge < -0.3 is 15.2 Å². The number of aliphatic hydroxyl groups excluding tert-OH is 1. The second-order valence-electron chi connectivity index (χ2n) is 6.28. The Morgan fingerprint density at radius 2 is 2.13 bits per heavy atom. The highest BCUT2D eigenvalue weighted by atomic mass is 35.5. The van der Waals surface area contributed by atoms with Crippen LogP contribution in [0.25, 0.3) is 0 Å². The van der Waals surface area contributed by atoms with E-state index in [1.807, 2.05) is 24.3 Å². The lowest BCUT2D eigenvalue weighted by Gasteiger charge is -2.28. The molecule has 1 heterocycles. The third-order valence-corrected chi connectivity index (χ3v) is 4.86. The van der Waals surface area contributed by atoms with Gasteiger partial charge in [0.15, 0.2) is 0 Å². The van der Waals surface area contributed by atoms with E-state index in [9.17, 15) is 9.90 Å². The number of nitrogens with zero attached hydrogens (tertiary/aromatic N) is 1. The molecule has 126 valence electrons. The van der Waals surface area contributed by atoms with Crippen molar-refractivity contribution in [3.8, 4) is 0 Å². The molecule has 1 aliphatic heterocycles. The largest absolute Gasteiger partial charge is 0.390 e. The van der Waals surface area contributed by atoms with Crippen molar-refractivity contribution < 1.29 is 14.6 Å². The second-order valence-corrected chi connectivity index (χ2v) is 6.69. The summed E-state index contributed by atoms with van der Waals surface area (Å²) in [6.07, 6.45) is 0.282. The lowest BCUT2D eigenvalue weighted by Crippen LogP contribution is -2.44. The molecular weight excluding hydrogens is 316 g/mol. The molecule has 6 heteroatoms. The minimum absolute atomic E-state index is 0.0101. The van der Waals surface area contributed by atoms with Crippen LogP contribution in [0, 0.1) is 5.92 Å². The van der Waals surface area contributed by atoms with Crippen LogP contribution in [0.4, 0.5) is 0 Å². The van der Waals surface area contributed by atoms with Gasteiger partial charge in [0.25, 0.3) is 0 Å². The van der Waals surface area contributed by atoms with Crippen molar-refractivity contribution in [1.29, 1.82) is 0 Å². The number of ether oxygens (including phenoxy) is 1. The lowest BCUT2D eigenvalue weighted by molar-refractivity contribution is -0.123. The van der Waals surface area contributed by atoms with Crippen LogP contribution in [0.2, 0.25) is 5.02 Å². The maximum atomic E-state index is 12.2. The molecule has 23 heavy (non-hydrogen) atoms. The molecule has 2 N–H and O–H groups in total. The number of nitrogens with one attached hydrogen (secondary N) is 1. The molecule has 1 amide bonds. The molecule has 0 aromatic heterocycles. The number of hydrogen-bond donors (Lipinski definition) is 2. The van der Waals surface area contributed by atoms with Crippen LogP contribution in [-0.4, -0.2) is 61.4 Å². The first-order valence-corrected chi connectivity index (χ1v) is 8.53. The van der Waals surface area contributed by atoms with Crippen LogP contribution in [0.1, 0.15) is 17.9 Å². The van der Waals surface area contributed by atoms with E-state index in [-0.39, 0.29) is 17.7 Å². The summed E-state index contributed by atoms with van der Waals surface area (Å²) in [7, 11) is 0. The summed E-state index contributed by atoms with van der Waals surface area (Å²) in [5.41, 5.74) is 1.04. The van der Waals surface area contributed by atoms with Crippen molar-refractivity contribution in [2.75, 3.05) is 39.4 Å². The van der Waals surface area contributed by atoms with Gasteiger partial charge in [-0.3, -0.25) is 9.69 Å². The van der Waals surface area contributed by atoms with E-state index < -0.39 is 6.10 Å². The topological polar surface area (TPSA) is 61.8 Å². The predicted molar refractivity (Wildman–Crippen MR) is 88.6 cm³/mol. The summed E-state index contributed by atoms with van der Waals surface area (Å²) in [4.78, 5) is 14.4. The van der Waals surface area contributed by atoms with E-state index >= 15 is 0 Å². The lowest BCUT2D eigenvalue weighted by atomic mass is 10.1. The summed E-state index contributed by atoms with van der Waals surface area (Å²) >= 11 is 6.18. The molecular formula is C17H23ClN2O3. The first kappa shape index (κ1) is 16.7. The zero-order chi connectivity index (χ0) is 16.2. The Morgan fingerprint density at radius 1 is 1.39 bits per heavy atom. The van der Waals surface area contributed by atoms with Gasteiger partial charge in [-0.2, -0.15) is 0 Å². The fourth-order valence-electron chi connectivity index (χ4n) is 3.10. The molecule has 1 aliphatic carbocycles. The average molecular weight is 339 g/mol. The Balaban J connectivity index is 1.41. The number of hydrogen-bond acceptors (Lipinski definition) is 4. The van der Waals surface area contributed by atoms with E-state index in [4.69, 9.17) is 16.3 Å². The Kier molecular flexibility index (Phi) is 5.54.